The summed E-state index contributed by atoms with van der Waals surface area (Å²) in [6, 6.07) is 14.3. The third-order valence-electron chi connectivity index (χ3n) is 21.6. The number of benzene rings is 3. The molecule has 468 valence electrons. The number of carbonyl (C=O) groups excluding carboxylic acids is 3. The number of para-hydroxylation sites is 1. The van der Waals surface area contributed by atoms with Gasteiger partial charge in [0.25, 0.3) is 0 Å². The van der Waals surface area contributed by atoms with Crippen molar-refractivity contribution in [1.29, 1.82) is 0 Å². The van der Waals surface area contributed by atoms with E-state index in [1.54, 1.807) is 13.2 Å². The molecule has 7 heterocycles. The van der Waals surface area contributed by atoms with Crippen molar-refractivity contribution in [2.75, 3.05) is 66.0 Å². The quantitative estimate of drug-likeness (QED) is 0.0394. The topological polar surface area (TPSA) is 173 Å². The van der Waals surface area contributed by atoms with E-state index >= 15 is 9.59 Å². The second-order valence-electron chi connectivity index (χ2n) is 27.3. The summed E-state index contributed by atoms with van der Waals surface area (Å²) in [5.41, 5.74) is 3.18. The lowest BCUT2D eigenvalue weighted by Gasteiger charge is -2.63. The smallest absolute Gasteiger partial charge is 0.496 e. The van der Waals surface area contributed by atoms with Gasteiger partial charge in [-0.3, -0.25) is 14.6 Å². The summed E-state index contributed by atoms with van der Waals surface area (Å²) in [6.45, 7) is 20.0. The maximum atomic E-state index is 15.7. The van der Waals surface area contributed by atoms with Gasteiger partial charge < -0.3 is 48.5 Å². The monoisotopic (exact) mass is 1190 g/mol. The second kappa shape index (κ2) is 23.9. The van der Waals surface area contributed by atoms with Gasteiger partial charge in [0.05, 0.1) is 33.0 Å². The molecule has 3 fully saturated rings. The van der Waals surface area contributed by atoms with E-state index in [0.29, 0.717) is 88.2 Å². The van der Waals surface area contributed by atoms with Crippen LogP contribution in [0.4, 0.5) is 10.5 Å². The molecule has 6 aliphatic heterocycles. The van der Waals surface area contributed by atoms with Crippen LogP contribution in [0.1, 0.15) is 159 Å². The molecule has 11 rings (SSSR count). The number of hydrogen-bond donors (Lipinski definition) is 3. The lowest BCUT2D eigenvalue weighted by Crippen LogP contribution is -2.81. The first-order valence-corrected chi connectivity index (χ1v) is 32.0. The Bertz CT molecular complexity index is 3450. The number of hydrogen-bond acceptors (Lipinski definition) is 14. The Hall–Kier alpha value is -6.39. The Morgan fingerprint density at radius 1 is 0.839 bits per heavy atom. The molecule has 1 saturated carbocycles. The molecule has 3 aromatic carbocycles. The minimum absolute atomic E-state index is 0.140. The Morgan fingerprint density at radius 2 is 1.57 bits per heavy atom. The van der Waals surface area contributed by atoms with Gasteiger partial charge >= 0.3 is 18.1 Å². The maximum absolute atomic E-state index is 15.7. The molecule has 2 bridgehead atoms. The average molecular weight is 1190 g/mol. The number of ether oxygens (including phenoxy) is 6. The van der Waals surface area contributed by atoms with Crippen LogP contribution in [-0.4, -0.2) is 139 Å². The number of methoxy groups -OCH3 is 3. The molecule has 7 aliphatic rings. The number of aliphatic hydroxyl groups is 2. The lowest BCUT2D eigenvalue weighted by molar-refractivity contribution is -0.220. The number of aromatic nitrogens is 1. The highest BCUT2D eigenvalue weighted by atomic mass is 16.7. The first-order chi connectivity index (χ1) is 41.6. The van der Waals surface area contributed by atoms with E-state index in [2.05, 4.69) is 85.8 Å². The molecule has 87 heavy (non-hydrogen) atoms. The molecule has 2 saturated heterocycles. The molecule has 11 atom stereocenters. The van der Waals surface area contributed by atoms with Crippen molar-refractivity contribution in [2.45, 2.75) is 191 Å². The van der Waals surface area contributed by atoms with Crippen LogP contribution in [0.15, 0.2) is 95.6 Å². The Kier molecular flexibility index (Phi) is 17.1. The van der Waals surface area contributed by atoms with Gasteiger partial charge in [0.1, 0.15) is 28.3 Å². The predicted molar refractivity (Wildman–Crippen MR) is 339 cm³/mol. The zero-order valence-corrected chi connectivity index (χ0v) is 53.7. The van der Waals surface area contributed by atoms with Crippen LogP contribution in [0.2, 0.25) is 0 Å². The average Bonchev–Trinajstić information content (AvgIpc) is 1.53. The summed E-state index contributed by atoms with van der Waals surface area (Å²) >= 11 is 0. The zero-order chi connectivity index (χ0) is 62.0. The van der Waals surface area contributed by atoms with Crippen LogP contribution in [0.5, 0.6) is 17.2 Å². The third-order valence-corrected chi connectivity index (χ3v) is 21.6. The summed E-state index contributed by atoms with van der Waals surface area (Å²) < 4.78 is 37.9. The molecule has 2 unspecified atom stereocenters. The molecular weight excluding hydrogens is 1100 g/mol. The minimum atomic E-state index is -2.49. The van der Waals surface area contributed by atoms with Crippen LogP contribution in [0.3, 0.4) is 0 Å². The highest BCUT2D eigenvalue weighted by Gasteiger charge is 2.80. The van der Waals surface area contributed by atoms with Crippen LogP contribution in [0.25, 0.3) is 10.9 Å². The third kappa shape index (κ3) is 10.5. The van der Waals surface area contributed by atoms with E-state index in [4.69, 9.17) is 28.4 Å². The number of carbonyl (C=O) groups is 3. The number of aryl methyl sites for hydroxylation is 2. The van der Waals surface area contributed by atoms with Gasteiger partial charge in [-0.1, -0.05) is 79.1 Å². The van der Waals surface area contributed by atoms with Gasteiger partial charge in [-0.05, 0) is 190 Å². The van der Waals surface area contributed by atoms with Crippen LogP contribution in [-0.2, 0) is 47.5 Å². The molecule has 15 nitrogen and oxygen atoms in total. The number of fused-ring (bicyclic) bond motifs is 7. The molecule has 3 N–H and O–H groups in total. The van der Waals surface area contributed by atoms with Crippen molar-refractivity contribution in [2.24, 2.45) is 11.3 Å². The van der Waals surface area contributed by atoms with E-state index in [1.165, 1.54) is 30.9 Å². The molecule has 1 spiro atoms. The number of esters is 2. The molecule has 4 aromatic rings. The molecule has 1 aromatic heterocycles. The van der Waals surface area contributed by atoms with E-state index in [9.17, 15) is 15.0 Å². The van der Waals surface area contributed by atoms with Crippen LogP contribution < -0.4 is 19.1 Å². The molecule has 15 heteroatoms. The summed E-state index contributed by atoms with van der Waals surface area (Å²) in [5, 5.41) is 27.2. The Balaban J connectivity index is 0.929. The molecule has 0 radical (unpaired) electrons. The van der Waals surface area contributed by atoms with E-state index in [0.717, 1.165) is 96.0 Å². The lowest BCUT2D eigenvalue weighted by atomic mass is 9.47. The van der Waals surface area contributed by atoms with Gasteiger partial charge in [0.15, 0.2) is 6.10 Å². The molecular formula is C72H94N4O11. The number of nitrogens with zero attached hydrogens (tertiary/aromatic N) is 3. The summed E-state index contributed by atoms with van der Waals surface area (Å²) in [5.74, 6) is -0.0574. The second-order valence-corrected chi connectivity index (χ2v) is 27.3. The van der Waals surface area contributed by atoms with Crippen molar-refractivity contribution in [1.82, 2.24) is 14.8 Å². The van der Waals surface area contributed by atoms with E-state index in [-0.39, 0.29) is 17.3 Å². The van der Waals surface area contributed by atoms with Crippen molar-refractivity contribution < 1.29 is 53.0 Å². The maximum Gasteiger partial charge on any atom is 0.514 e. The zero-order valence-electron chi connectivity index (χ0n) is 53.7. The standard InChI is InChI=1S/C72H94N4O11/c1-13-68(80)41-49-42-71(64(77)83-11,60-53(29-35-75(43-49)44-68)52-26-15-16-27-56(52)73-60)55-39-54-57(40-58(55)82-10)74(9)62-70(54)33-36-76-34-20-31-69(14-2,61(70)76)63(72(62,81)65(78)84-12)86-66(79)85-51-37-48(7)59-50(38-51)28-32-67(8,87-59)30-19-25-47(6)24-18-23-46(5)22-17-21-45(3)4/h15-16,20-21,23,25-27,31,37-40,49,61-63,73,80-81H,13-14,17-19,22,24,28-30,32-36,41-44H2,1-12H3/b46-23+,47-25+/t49-,61?,62+,63+,67+,68-,69+,70+,71-,72-/m0/s1. The fourth-order valence-electron chi connectivity index (χ4n) is 17.6. The minimum Gasteiger partial charge on any atom is -0.496 e. The number of aromatic amines is 1. The highest BCUT2D eigenvalue weighted by Crippen LogP contribution is 2.68. The van der Waals surface area contributed by atoms with Gasteiger partial charge in [-0.15, -0.1) is 0 Å². The molecule has 1 aliphatic carbocycles. The van der Waals surface area contributed by atoms with Crippen molar-refractivity contribution in [3.63, 3.8) is 0 Å². The Morgan fingerprint density at radius 3 is 2.29 bits per heavy atom. The first-order valence-electron chi connectivity index (χ1n) is 32.0. The largest absolute Gasteiger partial charge is 0.514 e. The van der Waals surface area contributed by atoms with Gasteiger partial charge in [-0.25, -0.2) is 9.59 Å². The number of allylic oxidation sites excluding steroid dienone is 6. The Labute approximate surface area is 515 Å². The van der Waals surface area contributed by atoms with Crippen molar-refractivity contribution in [3.8, 4) is 17.2 Å². The molecule has 0 amide bonds. The normalized spacial score (nSPS) is 31.6. The van der Waals surface area contributed by atoms with E-state index < -0.39 is 63.7 Å². The van der Waals surface area contributed by atoms with Crippen molar-refractivity contribution >= 4 is 34.7 Å². The summed E-state index contributed by atoms with van der Waals surface area (Å²) in [4.78, 5) is 56.1. The number of likely N-dealkylation sites (N-methyl/N-ethyl adjacent to an activating group) is 1. The summed E-state index contributed by atoms with van der Waals surface area (Å²) in [7, 11) is 6.16. The van der Waals surface area contributed by atoms with Gasteiger partial charge in [0, 0.05) is 84.0 Å². The number of piperidine rings is 1. The first kappa shape index (κ1) is 62.2. The van der Waals surface area contributed by atoms with Crippen molar-refractivity contribution in [3.05, 3.63) is 129 Å². The predicted octanol–water partition coefficient (Wildman–Crippen LogP) is 12.2. The van der Waals surface area contributed by atoms with Crippen LogP contribution in [0, 0.1) is 18.3 Å². The summed E-state index contributed by atoms with van der Waals surface area (Å²) in [6.07, 6.45) is 18.9. The fourth-order valence-corrected chi connectivity index (χ4v) is 17.6. The number of rotatable bonds is 17. The SMILES string of the molecule is CC[C@]1(O)C[C@@H]2CN(CCc3c([nH]c4ccccc34)[C@@](C(=O)OC)(c3cc4c(cc3OC)N(C)[C@H]3[C@@](O)(C(=O)OC)[C@H](OC(=O)Oc5cc(C)c6c(c5)CC[C@@](C)(CC/C=C(\C)CC/C=C(\C)CCC=C(C)C)O6)[C@]5(CC)C=CCN6CC[C@]43C65)C2)C1. The fraction of sp³-hybridized carbons (Fsp3) is 0.569. The van der Waals surface area contributed by atoms with Crippen LogP contribution >= 0.6 is 0 Å². The van der Waals surface area contributed by atoms with E-state index in [1.807, 2.05) is 69.1 Å². The number of H-pyrrole nitrogens is 1. The van der Waals surface area contributed by atoms with Gasteiger partial charge in [0.2, 0.25) is 5.60 Å². The number of nitrogens with one attached hydrogen (secondary N) is 1. The highest BCUT2D eigenvalue weighted by molar-refractivity contribution is 5.95. The number of anilines is 1. The van der Waals surface area contributed by atoms with Gasteiger partial charge in [-0.2, -0.15) is 0 Å².